The van der Waals surface area contributed by atoms with Crippen LogP contribution in [0, 0.1) is 0 Å². The SMILES string of the molecule is CCCCNC(=O)CSc1nc(NC[C@@H]2CCCO2)c2ccccc2n1. The molecular formula is C19H26N4O2S. The number of benzene rings is 1. The van der Waals surface area contributed by atoms with Crippen LogP contribution in [0.5, 0.6) is 0 Å². The molecule has 2 aromatic rings. The standard InChI is InChI=1S/C19H26N4O2S/c1-2-3-10-20-17(24)13-26-19-22-16-9-5-4-8-15(16)18(23-19)21-12-14-7-6-11-25-14/h4-5,8-9,14H,2-3,6-7,10-13H2,1H3,(H,20,24)(H,21,22,23)/t14-/m0/s1. The quantitative estimate of drug-likeness (QED) is 0.399. The Morgan fingerprint density at radius 2 is 2.23 bits per heavy atom. The number of fused-ring (bicyclic) bond motifs is 1. The highest BCUT2D eigenvalue weighted by atomic mass is 32.2. The summed E-state index contributed by atoms with van der Waals surface area (Å²) in [5, 5.41) is 7.93. The average Bonchev–Trinajstić information content (AvgIpc) is 3.18. The van der Waals surface area contributed by atoms with E-state index in [1.165, 1.54) is 11.8 Å². The lowest BCUT2D eigenvalue weighted by Gasteiger charge is -2.14. The van der Waals surface area contributed by atoms with E-state index in [-0.39, 0.29) is 12.0 Å². The first-order valence-corrected chi connectivity index (χ1v) is 10.3. The van der Waals surface area contributed by atoms with Crippen molar-refractivity contribution in [2.45, 2.75) is 43.9 Å². The van der Waals surface area contributed by atoms with Gasteiger partial charge in [-0.3, -0.25) is 4.79 Å². The van der Waals surface area contributed by atoms with Crippen LogP contribution < -0.4 is 10.6 Å². The molecule has 0 bridgehead atoms. The van der Waals surface area contributed by atoms with E-state index < -0.39 is 0 Å². The van der Waals surface area contributed by atoms with Crippen molar-refractivity contribution in [3.05, 3.63) is 24.3 Å². The van der Waals surface area contributed by atoms with Crippen LogP contribution in [0.3, 0.4) is 0 Å². The molecule has 1 aromatic carbocycles. The zero-order valence-electron chi connectivity index (χ0n) is 15.2. The fourth-order valence-corrected chi connectivity index (χ4v) is 3.54. The lowest BCUT2D eigenvalue weighted by Crippen LogP contribution is -2.26. The molecule has 6 nitrogen and oxygen atoms in total. The Morgan fingerprint density at radius 3 is 3.04 bits per heavy atom. The molecular weight excluding hydrogens is 348 g/mol. The average molecular weight is 375 g/mol. The third-order valence-electron chi connectivity index (χ3n) is 4.29. The van der Waals surface area contributed by atoms with Crippen molar-refractivity contribution in [1.82, 2.24) is 15.3 Å². The first-order chi connectivity index (χ1) is 12.8. The molecule has 1 fully saturated rings. The van der Waals surface area contributed by atoms with E-state index in [0.717, 1.165) is 62.1 Å². The van der Waals surface area contributed by atoms with E-state index in [9.17, 15) is 4.79 Å². The minimum Gasteiger partial charge on any atom is -0.376 e. The summed E-state index contributed by atoms with van der Waals surface area (Å²) in [6.45, 7) is 4.41. The number of carbonyl (C=O) groups is 1. The van der Waals surface area contributed by atoms with Gasteiger partial charge in [-0.15, -0.1) is 0 Å². The highest BCUT2D eigenvalue weighted by molar-refractivity contribution is 7.99. The summed E-state index contributed by atoms with van der Waals surface area (Å²) in [5.74, 6) is 1.15. The van der Waals surface area contributed by atoms with Crippen LogP contribution >= 0.6 is 11.8 Å². The first kappa shape index (κ1) is 18.9. The van der Waals surface area contributed by atoms with Gasteiger partial charge in [0, 0.05) is 25.1 Å². The molecule has 26 heavy (non-hydrogen) atoms. The van der Waals surface area contributed by atoms with Crippen molar-refractivity contribution >= 4 is 34.4 Å². The molecule has 3 rings (SSSR count). The number of carbonyl (C=O) groups excluding carboxylic acids is 1. The van der Waals surface area contributed by atoms with E-state index >= 15 is 0 Å². The molecule has 0 unspecified atom stereocenters. The number of ether oxygens (including phenoxy) is 1. The van der Waals surface area contributed by atoms with E-state index in [4.69, 9.17) is 4.74 Å². The lowest BCUT2D eigenvalue weighted by atomic mass is 10.2. The lowest BCUT2D eigenvalue weighted by molar-refractivity contribution is -0.118. The molecule has 7 heteroatoms. The predicted octanol–water partition coefficient (Wildman–Crippen LogP) is 3.23. The van der Waals surface area contributed by atoms with Crippen LogP contribution in [0.2, 0.25) is 0 Å². The van der Waals surface area contributed by atoms with Gasteiger partial charge in [-0.2, -0.15) is 0 Å². The third-order valence-corrected chi connectivity index (χ3v) is 5.14. The molecule has 140 valence electrons. The van der Waals surface area contributed by atoms with Gasteiger partial charge in [-0.05, 0) is 31.4 Å². The second-order valence-corrected chi connectivity index (χ2v) is 7.32. The van der Waals surface area contributed by atoms with Crippen LogP contribution in [0.1, 0.15) is 32.6 Å². The van der Waals surface area contributed by atoms with Crippen LogP contribution in [-0.2, 0) is 9.53 Å². The van der Waals surface area contributed by atoms with Crippen molar-refractivity contribution < 1.29 is 9.53 Å². The van der Waals surface area contributed by atoms with Gasteiger partial charge < -0.3 is 15.4 Å². The maximum atomic E-state index is 11.9. The van der Waals surface area contributed by atoms with Crippen LogP contribution in [0.25, 0.3) is 10.9 Å². The highest BCUT2D eigenvalue weighted by Crippen LogP contribution is 2.25. The molecule has 1 aliphatic heterocycles. The zero-order valence-corrected chi connectivity index (χ0v) is 16.0. The fraction of sp³-hybridized carbons (Fsp3) is 0.526. The number of nitrogens with one attached hydrogen (secondary N) is 2. The van der Waals surface area contributed by atoms with E-state index in [2.05, 4.69) is 27.5 Å². The minimum absolute atomic E-state index is 0.0223. The van der Waals surface area contributed by atoms with Crippen LogP contribution in [0.4, 0.5) is 5.82 Å². The molecule has 1 atom stereocenters. The number of aromatic nitrogens is 2. The van der Waals surface area contributed by atoms with Gasteiger partial charge >= 0.3 is 0 Å². The molecule has 0 radical (unpaired) electrons. The maximum Gasteiger partial charge on any atom is 0.230 e. The Balaban J connectivity index is 1.66. The largest absolute Gasteiger partial charge is 0.376 e. The monoisotopic (exact) mass is 374 g/mol. The van der Waals surface area contributed by atoms with E-state index in [0.29, 0.717) is 10.9 Å². The number of para-hydroxylation sites is 1. The maximum absolute atomic E-state index is 11.9. The predicted molar refractivity (Wildman–Crippen MR) is 106 cm³/mol. The smallest absolute Gasteiger partial charge is 0.230 e. The fourth-order valence-electron chi connectivity index (χ4n) is 2.86. The van der Waals surface area contributed by atoms with Gasteiger partial charge in [0.2, 0.25) is 5.91 Å². The second kappa shape index (κ2) is 9.73. The molecule has 1 aromatic heterocycles. The Hall–Kier alpha value is -1.86. The number of hydrogen-bond donors (Lipinski definition) is 2. The Morgan fingerprint density at radius 1 is 1.35 bits per heavy atom. The number of anilines is 1. The van der Waals surface area contributed by atoms with Crippen molar-refractivity contribution in [1.29, 1.82) is 0 Å². The van der Waals surface area contributed by atoms with Gasteiger partial charge in [-0.25, -0.2) is 9.97 Å². The second-order valence-electron chi connectivity index (χ2n) is 6.38. The summed E-state index contributed by atoms with van der Waals surface area (Å²) >= 11 is 1.37. The van der Waals surface area contributed by atoms with Gasteiger partial charge in [0.25, 0.3) is 0 Å². The molecule has 1 aliphatic rings. The number of unbranched alkanes of at least 4 members (excludes halogenated alkanes) is 1. The van der Waals surface area contributed by atoms with E-state index in [1.807, 2.05) is 24.3 Å². The Bertz CT molecular complexity index is 735. The first-order valence-electron chi connectivity index (χ1n) is 9.28. The highest BCUT2D eigenvalue weighted by Gasteiger charge is 2.16. The summed E-state index contributed by atoms with van der Waals surface area (Å²) in [6, 6.07) is 7.93. The Labute approximate surface area is 158 Å². The summed E-state index contributed by atoms with van der Waals surface area (Å²) in [5.41, 5.74) is 0.881. The van der Waals surface area contributed by atoms with Crippen LogP contribution in [0.15, 0.2) is 29.4 Å². The summed E-state index contributed by atoms with van der Waals surface area (Å²) < 4.78 is 5.68. The Kier molecular flexibility index (Phi) is 7.08. The number of thioether (sulfide) groups is 1. The van der Waals surface area contributed by atoms with Crippen molar-refractivity contribution in [3.8, 4) is 0 Å². The van der Waals surface area contributed by atoms with Gasteiger partial charge in [0.1, 0.15) is 5.82 Å². The minimum atomic E-state index is 0.0223. The molecule has 0 spiro atoms. The number of hydrogen-bond acceptors (Lipinski definition) is 6. The summed E-state index contributed by atoms with van der Waals surface area (Å²) in [7, 11) is 0. The number of amides is 1. The van der Waals surface area contributed by atoms with Crippen LogP contribution in [-0.4, -0.2) is 47.4 Å². The summed E-state index contributed by atoms with van der Waals surface area (Å²) in [6.07, 6.45) is 4.51. The van der Waals surface area contributed by atoms with Crippen molar-refractivity contribution in [2.75, 3.05) is 30.8 Å². The van der Waals surface area contributed by atoms with Gasteiger partial charge in [0.05, 0.1) is 17.4 Å². The van der Waals surface area contributed by atoms with E-state index in [1.54, 1.807) is 0 Å². The van der Waals surface area contributed by atoms with Gasteiger partial charge in [0.15, 0.2) is 5.16 Å². The third kappa shape index (κ3) is 5.32. The molecule has 0 saturated carbocycles. The topological polar surface area (TPSA) is 76.1 Å². The van der Waals surface area contributed by atoms with Crippen molar-refractivity contribution in [2.24, 2.45) is 0 Å². The molecule has 1 amide bonds. The molecule has 1 saturated heterocycles. The summed E-state index contributed by atoms with van der Waals surface area (Å²) in [4.78, 5) is 21.1. The number of nitrogens with zero attached hydrogens (tertiary/aromatic N) is 2. The molecule has 2 N–H and O–H groups in total. The normalized spacial score (nSPS) is 16.7. The van der Waals surface area contributed by atoms with Gasteiger partial charge in [-0.1, -0.05) is 37.2 Å². The zero-order chi connectivity index (χ0) is 18.2. The molecule has 0 aliphatic carbocycles. The molecule has 2 heterocycles. The number of rotatable bonds is 9. The van der Waals surface area contributed by atoms with Crippen molar-refractivity contribution in [3.63, 3.8) is 0 Å².